The summed E-state index contributed by atoms with van der Waals surface area (Å²) >= 11 is 0. The first-order valence-corrected chi connectivity index (χ1v) is 10.1. The van der Waals surface area contributed by atoms with E-state index < -0.39 is 42.0 Å². The molecule has 0 bridgehead atoms. The van der Waals surface area contributed by atoms with Crippen molar-refractivity contribution in [2.75, 3.05) is 13.1 Å². The Hall–Kier alpha value is -2.08. The third-order valence-electron chi connectivity index (χ3n) is 5.65. The van der Waals surface area contributed by atoms with Gasteiger partial charge in [0.05, 0.1) is 0 Å². The van der Waals surface area contributed by atoms with Crippen LogP contribution in [0.4, 0.5) is 17.6 Å². The molecule has 3 atom stereocenters. The van der Waals surface area contributed by atoms with E-state index in [-0.39, 0.29) is 18.7 Å². The van der Waals surface area contributed by atoms with Gasteiger partial charge in [0.15, 0.2) is 6.17 Å². The standard InChI is InChI=1S/C20H27F4N5O2/c1-11-9-13(19(3,21)22)6-7-15(11)16-26-18(31)17(28-27-16)25-14-5-4-8-29(10-14)20(23,24)12(2)30/h6-7,9,14,16-17,25,27-28H,4-5,8,10H2,1-3H3,(H,26,31). The quantitative estimate of drug-likeness (QED) is 0.395. The molecule has 3 unspecified atom stereocenters. The fourth-order valence-corrected chi connectivity index (χ4v) is 3.87. The van der Waals surface area contributed by atoms with Crippen molar-refractivity contribution in [3.8, 4) is 0 Å². The molecule has 3 rings (SSSR count). The van der Waals surface area contributed by atoms with Crippen LogP contribution in [0.2, 0.25) is 0 Å². The minimum absolute atomic E-state index is 0.0761. The van der Waals surface area contributed by atoms with E-state index in [9.17, 15) is 27.2 Å². The molecule has 31 heavy (non-hydrogen) atoms. The SMILES string of the molecule is CC(=O)C(F)(F)N1CCCC(NC2NNC(c3ccc(C(C)(F)F)cc3C)NC2=O)C1. The molecule has 0 aromatic heterocycles. The van der Waals surface area contributed by atoms with Crippen molar-refractivity contribution in [3.05, 3.63) is 34.9 Å². The number of alkyl halides is 4. The lowest BCUT2D eigenvalue weighted by atomic mass is 9.99. The maximum absolute atomic E-state index is 14.0. The number of nitrogens with zero attached hydrogens (tertiary/aromatic N) is 1. The molecule has 1 amide bonds. The molecule has 0 radical (unpaired) electrons. The highest BCUT2D eigenvalue weighted by molar-refractivity contribution is 5.83. The lowest BCUT2D eigenvalue weighted by molar-refractivity contribution is -0.178. The summed E-state index contributed by atoms with van der Waals surface area (Å²) in [6.45, 7) is 3.37. The Bertz CT molecular complexity index is 845. The summed E-state index contributed by atoms with van der Waals surface area (Å²) < 4.78 is 55.1. The van der Waals surface area contributed by atoms with Gasteiger partial charge in [-0.05, 0) is 37.0 Å². The van der Waals surface area contributed by atoms with Gasteiger partial charge in [0.1, 0.15) is 6.17 Å². The summed E-state index contributed by atoms with van der Waals surface area (Å²) in [6.07, 6.45) is -0.495. The number of likely N-dealkylation sites (tertiary alicyclic amines) is 1. The van der Waals surface area contributed by atoms with E-state index in [1.54, 1.807) is 6.92 Å². The van der Waals surface area contributed by atoms with Crippen LogP contribution in [-0.2, 0) is 15.5 Å². The Kier molecular flexibility index (Phi) is 6.70. The fraction of sp³-hybridized carbons (Fsp3) is 0.600. The monoisotopic (exact) mass is 445 g/mol. The summed E-state index contributed by atoms with van der Waals surface area (Å²) in [7, 11) is 0. The van der Waals surface area contributed by atoms with Gasteiger partial charge in [0, 0.05) is 38.5 Å². The number of hydrazine groups is 1. The minimum atomic E-state index is -3.54. The van der Waals surface area contributed by atoms with Crippen LogP contribution in [0, 0.1) is 6.92 Å². The second-order valence-corrected chi connectivity index (χ2v) is 8.17. The number of Topliss-reactive ketones (excluding diaryl/α,β-unsaturated/α-hetero) is 1. The van der Waals surface area contributed by atoms with E-state index in [0.29, 0.717) is 24.0 Å². The van der Waals surface area contributed by atoms with E-state index in [1.807, 2.05) is 0 Å². The van der Waals surface area contributed by atoms with Crippen LogP contribution in [-0.4, -0.2) is 47.9 Å². The zero-order valence-electron chi connectivity index (χ0n) is 17.6. The van der Waals surface area contributed by atoms with Gasteiger partial charge in [-0.2, -0.15) is 8.78 Å². The van der Waals surface area contributed by atoms with Crippen LogP contribution in [0.3, 0.4) is 0 Å². The number of nitrogens with one attached hydrogen (secondary N) is 4. The van der Waals surface area contributed by atoms with Gasteiger partial charge in [0.2, 0.25) is 5.78 Å². The second kappa shape index (κ2) is 8.81. The van der Waals surface area contributed by atoms with Gasteiger partial charge in [-0.3, -0.25) is 14.9 Å². The maximum atomic E-state index is 14.0. The summed E-state index contributed by atoms with van der Waals surface area (Å²) in [6, 6.07) is 0.253. The molecule has 2 aliphatic heterocycles. The number of hydrogen-bond acceptors (Lipinski definition) is 6. The van der Waals surface area contributed by atoms with Crippen LogP contribution in [0.5, 0.6) is 0 Å². The number of hydrogen-bond donors (Lipinski definition) is 4. The number of benzene rings is 1. The van der Waals surface area contributed by atoms with Crippen molar-refractivity contribution < 1.29 is 27.2 Å². The average molecular weight is 445 g/mol. The van der Waals surface area contributed by atoms with Gasteiger partial charge in [-0.1, -0.05) is 12.1 Å². The number of rotatable bonds is 6. The summed E-state index contributed by atoms with van der Waals surface area (Å²) in [5.74, 6) is -4.59. The summed E-state index contributed by atoms with van der Waals surface area (Å²) in [5, 5.41) is 5.75. The zero-order chi connectivity index (χ0) is 23.0. The topological polar surface area (TPSA) is 85.5 Å². The van der Waals surface area contributed by atoms with Crippen LogP contribution in [0.1, 0.15) is 49.5 Å². The van der Waals surface area contributed by atoms with E-state index >= 15 is 0 Å². The second-order valence-electron chi connectivity index (χ2n) is 8.17. The first kappa shape index (κ1) is 23.6. The third-order valence-corrected chi connectivity index (χ3v) is 5.65. The summed E-state index contributed by atoms with van der Waals surface area (Å²) in [4.78, 5) is 24.6. The Morgan fingerprint density at radius 2 is 1.94 bits per heavy atom. The molecule has 0 spiro atoms. The zero-order valence-corrected chi connectivity index (χ0v) is 17.6. The number of ketones is 1. The average Bonchev–Trinajstić information content (AvgIpc) is 2.69. The first-order chi connectivity index (χ1) is 14.4. The van der Waals surface area contributed by atoms with E-state index in [2.05, 4.69) is 21.5 Å². The lowest BCUT2D eigenvalue weighted by Crippen LogP contribution is -2.68. The van der Waals surface area contributed by atoms with Gasteiger partial charge >= 0.3 is 6.05 Å². The molecule has 1 aromatic carbocycles. The van der Waals surface area contributed by atoms with Crippen molar-refractivity contribution in [2.24, 2.45) is 0 Å². The summed E-state index contributed by atoms with van der Waals surface area (Å²) in [5.41, 5.74) is 6.82. The third kappa shape index (κ3) is 5.22. The van der Waals surface area contributed by atoms with Gasteiger partial charge < -0.3 is 5.32 Å². The molecule has 2 saturated heterocycles. The van der Waals surface area contributed by atoms with E-state index in [0.717, 1.165) is 18.7 Å². The van der Waals surface area contributed by atoms with Crippen molar-refractivity contribution in [1.82, 2.24) is 26.4 Å². The number of halogens is 4. The molecule has 2 heterocycles. The van der Waals surface area contributed by atoms with Crippen LogP contribution in [0.15, 0.2) is 18.2 Å². The number of piperidine rings is 1. The molecule has 0 aliphatic carbocycles. The van der Waals surface area contributed by atoms with Crippen LogP contribution < -0.4 is 21.5 Å². The Labute approximate surface area is 177 Å². The van der Waals surface area contributed by atoms with E-state index in [1.165, 1.54) is 18.2 Å². The highest BCUT2D eigenvalue weighted by atomic mass is 19.3. The highest BCUT2D eigenvalue weighted by Crippen LogP contribution is 2.30. The van der Waals surface area contributed by atoms with Gasteiger partial charge in [-0.15, -0.1) is 0 Å². The largest absolute Gasteiger partial charge is 0.363 e. The lowest BCUT2D eigenvalue weighted by Gasteiger charge is -2.39. The van der Waals surface area contributed by atoms with Crippen molar-refractivity contribution in [2.45, 2.75) is 64.0 Å². The highest BCUT2D eigenvalue weighted by Gasteiger charge is 2.44. The molecule has 2 fully saturated rings. The predicted molar refractivity (Wildman–Crippen MR) is 105 cm³/mol. The van der Waals surface area contributed by atoms with E-state index in [4.69, 9.17) is 0 Å². The van der Waals surface area contributed by atoms with Crippen LogP contribution in [0.25, 0.3) is 0 Å². The molecule has 172 valence electrons. The maximum Gasteiger partial charge on any atom is 0.363 e. The Balaban J connectivity index is 1.61. The Morgan fingerprint density at radius 3 is 2.52 bits per heavy atom. The molecule has 4 N–H and O–H groups in total. The molecule has 2 aliphatic rings. The number of aryl methyl sites for hydroxylation is 1. The smallest absolute Gasteiger partial charge is 0.333 e. The van der Waals surface area contributed by atoms with Crippen molar-refractivity contribution >= 4 is 11.7 Å². The fourth-order valence-electron chi connectivity index (χ4n) is 3.87. The molecule has 11 heteroatoms. The normalized spacial score (nSPS) is 25.9. The first-order valence-electron chi connectivity index (χ1n) is 10.1. The minimum Gasteiger partial charge on any atom is -0.333 e. The number of carbonyl (C=O) groups is 2. The molecule has 0 saturated carbocycles. The van der Waals surface area contributed by atoms with Crippen LogP contribution >= 0.6 is 0 Å². The predicted octanol–water partition coefficient (Wildman–Crippen LogP) is 1.89. The molecular formula is C20H27F4N5O2. The number of amides is 1. The molecule has 1 aromatic rings. The Morgan fingerprint density at radius 1 is 1.23 bits per heavy atom. The van der Waals surface area contributed by atoms with Crippen molar-refractivity contribution in [1.29, 1.82) is 0 Å². The molecular weight excluding hydrogens is 418 g/mol. The van der Waals surface area contributed by atoms with Gasteiger partial charge in [0.25, 0.3) is 11.8 Å². The van der Waals surface area contributed by atoms with Crippen molar-refractivity contribution in [3.63, 3.8) is 0 Å². The van der Waals surface area contributed by atoms with Gasteiger partial charge in [-0.25, -0.2) is 24.5 Å². The molecule has 7 nitrogen and oxygen atoms in total. The number of carbonyl (C=O) groups excluding carboxylic acids is 2.